The number of piperidine rings is 1. The fraction of sp³-hybridized carbons (Fsp3) is 0.350. The summed E-state index contributed by atoms with van der Waals surface area (Å²) >= 11 is 0. The van der Waals surface area contributed by atoms with Crippen LogP contribution in [-0.2, 0) is 15.8 Å². The van der Waals surface area contributed by atoms with Crippen LogP contribution in [0.4, 0.5) is 0 Å². The van der Waals surface area contributed by atoms with Crippen molar-refractivity contribution in [2.45, 2.75) is 18.6 Å². The van der Waals surface area contributed by atoms with Crippen LogP contribution in [0.3, 0.4) is 0 Å². The molecule has 1 saturated heterocycles. The molecule has 3 N–H and O–H groups in total. The van der Waals surface area contributed by atoms with Gasteiger partial charge in [0.1, 0.15) is 11.6 Å². The van der Waals surface area contributed by atoms with Gasteiger partial charge in [0.15, 0.2) is 0 Å². The summed E-state index contributed by atoms with van der Waals surface area (Å²) in [5, 5.41) is 0. The summed E-state index contributed by atoms with van der Waals surface area (Å²) in [4.78, 5) is 28.4. The zero-order chi connectivity index (χ0) is 21.3. The zero-order valence-corrected chi connectivity index (χ0v) is 17.0. The van der Waals surface area contributed by atoms with Crippen molar-refractivity contribution >= 4 is 21.8 Å². The Bertz CT molecular complexity index is 1170. The van der Waals surface area contributed by atoms with E-state index in [1.165, 1.54) is 12.3 Å². The number of rotatable bonds is 4. The number of sulfonamides is 1. The Kier molecular flexibility index (Phi) is 5.33. The molecule has 0 radical (unpaired) electrons. The van der Waals surface area contributed by atoms with E-state index in [0.717, 1.165) is 12.8 Å². The van der Waals surface area contributed by atoms with E-state index in [1.54, 1.807) is 29.2 Å². The Morgan fingerprint density at radius 1 is 1.33 bits per heavy atom. The summed E-state index contributed by atoms with van der Waals surface area (Å²) in [6, 6.07) is 8.06. The number of nitrogens with one attached hydrogen (secondary N) is 1. The van der Waals surface area contributed by atoms with E-state index in [2.05, 4.69) is 9.38 Å². The molecule has 158 valence electrons. The van der Waals surface area contributed by atoms with Gasteiger partial charge in [-0.3, -0.25) is 9.59 Å². The maximum atomic E-state index is 12.7. The molecule has 3 heterocycles. The van der Waals surface area contributed by atoms with E-state index in [1.807, 2.05) is 0 Å². The van der Waals surface area contributed by atoms with E-state index in [4.69, 9.17) is 10.5 Å². The van der Waals surface area contributed by atoms with Crippen LogP contribution >= 0.6 is 0 Å². The Labute approximate surface area is 173 Å². The van der Waals surface area contributed by atoms with E-state index in [9.17, 15) is 18.0 Å². The monoisotopic (exact) mass is 430 g/mol. The second kappa shape index (κ2) is 7.94. The number of nitrogens with zero attached hydrogens (tertiary/aromatic N) is 2. The van der Waals surface area contributed by atoms with Crippen LogP contribution in [0.2, 0.25) is 0 Å². The van der Waals surface area contributed by atoms with Gasteiger partial charge in [-0.2, -0.15) is 0 Å². The van der Waals surface area contributed by atoms with Gasteiger partial charge in [0, 0.05) is 36.8 Å². The molecule has 0 aliphatic carbocycles. The summed E-state index contributed by atoms with van der Waals surface area (Å²) in [6.45, 7) is 1.49. The van der Waals surface area contributed by atoms with Gasteiger partial charge in [0.05, 0.1) is 17.9 Å². The third-order valence-corrected chi connectivity index (χ3v) is 6.40. The maximum absolute atomic E-state index is 12.7. The van der Waals surface area contributed by atoms with Crippen molar-refractivity contribution in [2.75, 3.05) is 19.7 Å². The number of pyridine rings is 1. The molecule has 1 atom stereocenters. The quantitative estimate of drug-likeness (QED) is 0.738. The number of hydrogen-bond acceptors (Lipinski definition) is 6. The largest absolute Gasteiger partial charge is 0.492 e. The minimum absolute atomic E-state index is 0.0680. The summed E-state index contributed by atoms with van der Waals surface area (Å²) in [5.41, 5.74) is 7.01. The van der Waals surface area contributed by atoms with Gasteiger partial charge in [0.25, 0.3) is 15.9 Å². The van der Waals surface area contributed by atoms with Crippen molar-refractivity contribution in [3.8, 4) is 5.75 Å². The van der Waals surface area contributed by atoms with Crippen LogP contribution in [0.1, 0.15) is 34.3 Å². The highest BCUT2D eigenvalue weighted by Crippen LogP contribution is 2.29. The first-order valence-corrected chi connectivity index (χ1v) is 11.2. The molecule has 9 nitrogen and oxygen atoms in total. The number of nitrogens with two attached hydrogens (primary N) is 1. The number of amidine groups is 1. The normalized spacial score (nSPS) is 20.2. The molecule has 0 bridgehead atoms. The van der Waals surface area contributed by atoms with Gasteiger partial charge in [-0.05, 0) is 30.5 Å². The lowest BCUT2D eigenvalue weighted by atomic mass is 9.98. The lowest BCUT2D eigenvalue weighted by molar-refractivity contribution is 0.0633. The van der Waals surface area contributed by atoms with E-state index in [0.29, 0.717) is 42.1 Å². The molecule has 1 aromatic heterocycles. The Balaban J connectivity index is 1.45. The highest BCUT2D eigenvalue weighted by molar-refractivity contribution is 7.89. The number of hydrogen-bond donors (Lipinski definition) is 2. The van der Waals surface area contributed by atoms with Crippen molar-refractivity contribution in [2.24, 2.45) is 16.0 Å². The molecule has 1 amide bonds. The summed E-state index contributed by atoms with van der Waals surface area (Å²) < 4.78 is 33.2. The minimum Gasteiger partial charge on any atom is -0.492 e. The third-order valence-electron chi connectivity index (χ3n) is 5.25. The van der Waals surface area contributed by atoms with Gasteiger partial charge in [0.2, 0.25) is 5.56 Å². The van der Waals surface area contributed by atoms with Crippen LogP contribution in [0.5, 0.6) is 5.75 Å². The van der Waals surface area contributed by atoms with Crippen molar-refractivity contribution in [3.63, 3.8) is 0 Å². The molecule has 1 aromatic carbocycles. The molecular formula is C20H22N4O5S. The molecule has 1 fully saturated rings. The SMILES string of the molecule is NC1=NS(=O)(=O)Cc2cccc(OC[C@H]3CCCN(C(=O)c4cc[nH]c(=O)c4)C3)c21. The predicted molar refractivity (Wildman–Crippen MR) is 111 cm³/mol. The van der Waals surface area contributed by atoms with E-state index >= 15 is 0 Å². The van der Waals surface area contributed by atoms with Crippen LogP contribution in [0, 0.1) is 5.92 Å². The topological polar surface area (TPSA) is 135 Å². The maximum Gasteiger partial charge on any atom is 0.259 e. The number of carbonyl (C=O) groups excluding carboxylic acids is 1. The fourth-order valence-electron chi connectivity index (χ4n) is 3.89. The standard InChI is InChI=1S/C20H22N4O5S/c21-19-18-15(12-30(27,28)23-19)4-1-5-16(18)29-11-13-3-2-8-24(10-13)20(26)14-6-7-22-17(25)9-14/h1,4-7,9,13H,2-3,8,10-12H2,(H2,21,23)(H,22,25)/t13-/m0/s1. The summed E-state index contributed by atoms with van der Waals surface area (Å²) in [6.07, 6.45) is 3.19. The molecular weight excluding hydrogens is 408 g/mol. The van der Waals surface area contributed by atoms with Crippen molar-refractivity contribution in [3.05, 3.63) is 63.6 Å². The molecule has 4 rings (SSSR count). The zero-order valence-electron chi connectivity index (χ0n) is 16.2. The van der Waals surface area contributed by atoms with Crippen molar-refractivity contribution in [1.29, 1.82) is 0 Å². The highest BCUT2D eigenvalue weighted by Gasteiger charge is 2.28. The van der Waals surface area contributed by atoms with Crippen LogP contribution in [-0.4, -0.2) is 49.7 Å². The molecule has 0 unspecified atom stereocenters. The molecule has 2 aliphatic rings. The van der Waals surface area contributed by atoms with Crippen molar-refractivity contribution < 1.29 is 17.9 Å². The molecule has 2 aromatic rings. The predicted octanol–water partition coefficient (Wildman–Crippen LogP) is 0.855. The third kappa shape index (κ3) is 4.23. The Hall–Kier alpha value is -3.14. The minimum atomic E-state index is -3.61. The average molecular weight is 430 g/mol. The first kappa shape index (κ1) is 20.1. The molecule has 30 heavy (non-hydrogen) atoms. The number of ether oxygens (including phenoxy) is 1. The van der Waals surface area contributed by atoms with Crippen molar-refractivity contribution in [1.82, 2.24) is 9.88 Å². The van der Waals surface area contributed by atoms with Gasteiger partial charge >= 0.3 is 0 Å². The Morgan fingerprint density at radius 3 is 2.97 bits per heavy atom. The van der Waals surface area contributed by atoms with Gasteiger partial charge < -0.3 is 20.4 Å². The van der Waals surface area contributed by atoms with E-state index < -0.39 is 10.0 Å². The summed E-state index contributed by atoms with van der Waals surface area (Å²) in [5.74, 6) is 0.140. The molecule has 0 spiro atoms. The second-order valence-corrected chi connectivity index (χ2v) is 9.14. The van der Waals surface area contributed by atoms with Crippen LogP contribution < -0.4 is 16.0 Å². The number of likely N-dealkylation sites (tertiary alicyclic amines) is 1. The smallest absolute Gasteiger partial charge is 0.259 e. The van der Waals surface area contributed by atoms with Crippen LogP contribution in [0.25, 0.3) is 0 Å². The first-order valence-electron chi connectivity index (χ1n) is 9.63. The van der Waals surface area contributed by atoms with Gasteiger partial charge in [-0.15, -0.1) is 4.40 Å². The van der Waals surface area contributed by atoms with Gasteiger partial charge in [-0.1, -0.05) is 12.1 Å². The number of carbonyl (C=O) groups is 1. The number of fused-ring (bicyclic) bond motifs is 1. The van der Waals surface area contributed by atoms with E-state index in [-0.39, 0.29) is 29.0 Å². The molecule has 0 saturated carbocycles. The van der Waals surface area contributed by atoms with Crippen LogP contribution in [0.15, 0.2) is 45.7 Å². The van der Waals surface area contributed by atoms with Gasteiger partial charge in [-0.25, -0.2) is 8.42 Å². The number of aromatic amines is 1. The Morgan fingerprint density at radius 2 is 2.17 bits per heavy atom. The number of amides is 1. The molecule has 10 heteroatoms. The lowest BCUT2D eigenvalue weighted by Crippen LogP contribution is -2.42. The molecule has 2 aliphatic heterocycles. The lowest BCUT2D eigenvalue weighted by Gasteiger charge is -2.33. The summed E-state index contributed by atoms with van der Waals surface area (Å²) in [7, 11) is -3.61. The highest BCUT2D eigenvalue weighted by atomic mass is 32.2. The number of H-pyrrole nitrogens is 1. The number of aromatic nitrogens is 1. The number of benzene rings is 1. The second-order valence-electron chi connectivity index (χ2n) is 7.51. The fourth-order valence-corrected chi connectivity index (χ4v) is 4.97. The first-order chi connectivity index (χ1) is 14.3. The average Bonchev–Trinajstić information content (AvgIpc) is 2.70.